The first kappa shape index (κ1) is 19.0. The number of nitrogens with zero attached hydrogens (tertiary/aromatic N) is 2. The van der Waals surface area contributed by atoms with Crippen LogP contribution in [0.5, 0.6) is 0 Å². The van der Waals surface area contributed by atoms with Crippen molar-refractivity contribution >= 4 is 32.3 Å². The van der Waals surface area contributed by atoms with Gasteiger partial charge in [-0.05, 0) is 84.9 Å². The summed E-state index contributed by atoms with van der Waals surface area (Å²) in [6.07, 6.45) is 5.57. The summed E-state index contributed by atoms with van der Waals surface area (Å²) in [6, 6.07) is 36.9. The molecule has 0 saturated carbocycles. The Kier molecular flexibility index (Phi) is 4.18. The lowest BCUT2D eigenvalue weighted by Gasteiger charge is -2.17. The molecule has 0 aliphatic rings. The quantitative estimate of drug-likeness (QED) is 0.262. The van der Waals surface area contributed by atoms with Crippen molar-refractivity contribution in [3.05, 3.63) is 122 Å². The molecule has 2 heterocycles. The highest BCUT2D eigenvalue weighted by molar-refractivity contribution is 6.27. The van der Waals surface area contributed by atoms with E-state index in [1.54, 1.807) is 0 Å². The zero-order valence-corrected chi connectivity index (χ0v) is 18.4. The van der Waals surface area contributed by atoms with Gasteiger partial charge in [-0.1, -0.05) is 72.8 Å². The van der Waals surface area contributed by atoms with Crippen LogP contribution < -0.4 is 0 Å². The van der Waals surface area contributed by atoms with E-state index in [0.29, 0.717) is 0 Å². The zero-order valence-electron chi connectivity index (χ0n) is 18.4. The smallest absolute Gasteiger partial charge is 0.0702 e. The SMILES string of the molecule is c1ccc(-c2cccc(-c3ccc4ccc5ccc(-c6ccncc6)c6ccc3c4c56)c2)nc1. The van der Waals surface area contributed by atoms with Gasteiger partial charge >= 0.3 is 0 Å². The van der Waals surface area contributed by atoms with Crippen LogP contribution in [0.4, 0.5) is 0 Å². The highest BCUT2D eigenvalue weighted by atomic mass is 14.7. The van der Waals surface area contributed by atoms with Crippen molar-refractivity contribution in [2.24, 2.45) is 0 Å². The standard InChI is InChI=1S/C32H20N2/c1-2-17-34-30(6-1)25-5-3-4-24(20-25)27-12-10-23-8-7-22-9-11-26(21-15-18-33-19-16-21)28-13-14-29(27)32(23)31(22)28/h1-20H. The van der Waals surface area contributed by atoms with Crippen LogP contribution in [0.25, 0.3) is 65.8 Å². The molecule has 0 N–H and O–H groups in total. The monoisotopic (exact) mass is 432 g/mol. The fourth-order valence-corrected chi connectivity index (χ4v) is 5.22. The molecule has 2 aromatic heterocycles. The second-order valence-corrected chi connectivity index (χ2v) is 8.68. The van der Waals surface area contributed by atoms with E-state index in [-0.39, 0.29) is 0 Å². The second-order valence-electron chi connectivity index (χ2n) is 8.68. The maximum absolute atomic E-state index is 4.55. The van der Waals surface area contributed by atoms with Crippen molar-refractivity contribution in [3.63, 3.8) is 0 Å². The molecule has 0 spiro atoms. The Balaban J connectivity index is 1.51. The first-order valence-electron chi connectivity index (χ1n) is 11.5. The van der Waals surface area contributed by atoms with Gasteiger partial charge in [0, 0.05) is 24.2 Å². The average molecular weight is 433 g/mol. The highest BCUT2D eigenvalue weighted by Crippen LogP contribution is 2.42. The van der Waals surface area contributed by atoms with Gasteiger partial charge in [0.1, 0.15) is 0 Å². The van der Waals surface area contributed by atoms with Crippen molar-refractivity contribution in [2.45, 2.75) is 0 Å². The van der Waals surface area contributed by atoms with Gasteiger partial charge in [-0.15, -0.1) is 0 Å². The highest BCUT2D eigenvalue weighted by Gasteiger charge is 2.15. The van der Waals surface area contributed by atoms with Crippen LogP contribution in [0.3, 0.4) is 0 Å². The fraction of sp³-hybridized carbons (Fsp3) is 0. The van der Waals surface area contributed by atoms with Crippen molar-refractivity contribution in [1.82, 2.24) is 9.97 Å². The molecular formula is C32H20N2. The average Bonchev–Trinajstić information content (AvgIpc) is 2.92. The van der Waals surface area contributed by atoms with Crippen LogP contribution in [0, 0.1) is 0 Å². The summed E-state index contributed by atoms with van der Waals surface area (Å²) in [5, 5.41) is 7.75. The van der Waals surface area contributed by atoms with Gasteiger partial charge in [-0.3, -0.25) is 9.97 Å². The molecule has 0 unspecified atom stereocenters. The van der Waals surface area contributed by atoms with Gasteiger partial charge in [0.25, 0.3) is 0 Å². The number of pyridine rings is 2. The third-order valence-electron chi connectivity index (χ3n) is 6.79. The largest absolute Gasteiger partial charge is 0.265 e. The molecule has 7 aromatic rings. The summed E-state index contributed by atoms with van der Waals surface area (Å²) >= 11 is 0. The lowest BCUT2D eigenvalue weighted by atomic mass is 9.87. The predicted molar refractivity (Wildman–Crippen MR) is 142 cm³/mol. The van der Waals surface area contributed by atoms with Crippen molar-refractivity contribution < 1.29 is 0 Å². The van der Waals surface area contributed by atoms with Crippen LogP contribution in [-0.2, 0) is 0 Å². The lowest BCUT2D eigenvalue weighted by Crippen LogP contribution is -1.90. The molecule has 2 heteroatoms. The summed E-state index contributed by atoms with van der Waals surface area (Å²) in [5.41, 5.74) is 7.00. The Morgan fingerprint density at radius 1 is 0.441 bits per heavy atom. The van der Waals surface area contributed by atoms with Crippen LogP contribution >= 0.6 is 0 Å². The first-order chi connectivity index (χ1) is 16.9. The van der Waals surface area contributed by atoms with E-state index in [1.165, 1.54) is 54.6 Å². The third kappa shape index (κ3) is 2.89. The Labute approximate surface area is 197 Å². The van der Waals surface area contributed by atoms with Crippen LogP contribution in [-0.4, -0.2) is 9.97 Å². The van der Waals surface area contributed by atoms with E-state index in [9.17, 15) is 0 Å². The number of hydrogen-bond donors (Lipinski definition) is 0. The van der Waals surface area contributed by atoms with Gasteiger partial charge < -0.3 is 0 Å². The topological polar surface area (TPSA) is 25.8 Å². The number of benzene rings is 5. The Morgan fingerprint density at radius 3 is 1.76 bits per heavy atom. The maximum Gasteiger partial charge on any atom is 0.0702 e. The Morgan fingerprint density at radius 2 is 1.09 bits per heavy atom. The third-order valence-corrected chi connectivity index (χ3v) is 6.79. The van der Waals surface area contributed by atoms with Crippen molar-refractivity contribution in [2.75, 3.05) is 0 Å². The summed E-state index contributed by atoms with van der Waals surface area (Å²) in [4.78, 5) is 8.75. The molecule has 34 heavy (non-hydrogen) atoms. The molecule has 5 aromatic carbocycles. The van der Waals surface area contributed by atoms with E-state index in [0.717, 1.165) is 11.3 Å². The number of rotatable bonds is 3. The molecule has 0 aliphatic carbocycles. The van der Waals surface area contributed by atoms with Crippen LogP contribution in [0.1, 0.15) is 0 Å². The molecule has 0 atom stereocenters. The predicted octanol–water partition coefficient (Wildman–Crippen LogP) is 8.38. The van der Waals surface area contributed by atoms with E-state index < -0.39 is 0 Å². The van der Waals surface area contributed by atoms with E-state index in [1.807, 2.05) is 30.7 Å². The molecule has 7 rings (SSSR count). The summed E-state index contributed by atoms with van der Waals surface area (Å²) in [6.45, 7) is 0. The first-order valence-corrected chi connectivity index (χ1v) is 11.5. The zero-order chi connectivity index (χ0) is 22.5. The molecule has 0 amide bonds. The van der Waals surface area contributed by atoms with E-state index in [4.69, 9.17) is 0 Å². The van der Waals surface area contributed by atoms with Gasteiger partial charge in [0.2, 0.25) is 0 Å². The minimum atomic E-state index is 0.990. The molecule has 0 fully saturated rings. The van der Waals surface area contributed by atoms with Gasteiger partial charge in [0.15, 0.2) is 0 Å². The molecule has 0 aliphatic heterocycles. The molecule has 2 nitrogen and oxygen atoms in total. The molecule has 158 valence electrons. The molecule has 0 saturated heterocycles. The van der Waals surface area contributed by atoms with Crippen LogP contribution in [0.2, 0.25) is 0 Å². The van der Waals surface area contributed by atoms with Gasteiger partial charge in [0.05, 0.1) is 5.69 Å². The number of aromatic nitrogens is 2. The maximum atomic E-state index is 4.55. The van der Waals surface area contributed by atoms with Crippen molar-refractivity contribution in [3.8, 4) is 33.5 Å². The van der Waals surface area contributed by atoms with Crippen molar-refractivity contribution in [1.29, 1.82) is 0 Å². The van der Waals surface area contributed by atoms with E-state index in [2.05, 4.69) is 101 Å². The summed E-state index contributed by atoms with van der Waals surface area (Å²) in [5.74, 6) is 0. The number of hydrogen-bond acceptors (Lipinski definition) is 2. The minimum Gasteiger partial charge on any atom is -0.265 e. The molecule has 0 radical (unpaired) electrons. The minimum absolute atomic E-state index is 0.990. The van der Waals surface area contributed by atoms with Gasteiger partial charge in [-0.25, -0.2) is 0 Å². The molecule has 0 bridgehead atoms. The second kappa shape index (κ2) is 7.50. The normalized spacial score (nSPS) is 11.5. The lowest BCUT2D eigenvalue weighted by molar-refractivity contribution is 1.33. The van der Waals surface area contributed by atoms with Gasteiger partial charge in [-0.2, -0.15) is 0 Å². The Bertz CT molecular complexity index is 1790. The van der Waals surface area contributed by atoms with E-state index >= 15 is 0 Å². The Hall–Kier alpha value is -4.56. The molecular weight excluding hydrogens is 412 g/mol. The fourth-order valence-electron chi connectivity index (χ4n) is 5.22. The summed E-state index contributed by atoms with van der Waals surface area (Å²) < 4.78 is 0. The van der Waals surface area contributed by atoms with Crippen LogP contribution in [0.15, 0.2) is 122 Å². The summed E-state index contributed by atoms with van der Waals surface area (Å²) in [7, 11) is 0.